The SMILES string of the molecule is O=C(O)C1(c2cc3c4c(c2)c(Br)cn4CCC3)CC1. The van der Waals surface area contributed by atoms with E-state index in [1.54, 1.807) is 0 Å². The van der Waals surface area contributed by atoms with Gasteiger partial charge < -0.3 is 9.67 Å². The van der Waals surface area contributed by atoms with Gasteiger partial charge in [-0.05, 0) is 58.8 Å². The summed E-state index contributed by atoms with van der Waals surface area (Å²) < 4.78 is 3.36. The minimum atomic E-state index is -0.676. The first-order valence-electron chi connectivity index (χ1n) is 6.67. The average molecular weight is 320 g/mol. The van der Waals surface area contributed by atoms with E-state index in [0.717, 1.165) is 42.3 Å². The summed E-state index contributed by atoms with van der Waals surface area (Å²) in [5.41, 5.74) is 2.96. The lowest BCUT2D eigenvalue weighted by Gasteiger charge is -2.18. The van der Waals surface area contributed by atoms with E-state index >= 15 is 0 Å². The molecule has 3 nitrogen and oxygen atoms in total. The number of hydrogen-bond acceptors (Lipinski definition) is 1. The fourth-order valence-corrected chi connectivity index (χ4v) is 3.87. The van der Waals surface area contributed by atoms with Gasteiger partial charge in [-0.15, -0.1) is 0 Å². The number of aromatic nitrogens is 1. The lowest BCUT2D eigenvalue weighted by molar-refractivity contribution is -0.140. The highest BCUT2D eigenvalue weighted by Crippen LogP contribution is 2.50. The molecule has 0 spiro atoms. The van der Waals surface area contributed by atoms with Gasteiger partial charge in [0.05, 0.1) is 10.9 Å². The summed E-state index contributed by atoms with van der Waals surface area (Å²) in [6.07, 6.45) is 5.85. The van der Waals surface area contributed by atoms with Crippen LogP contribution in [0.1, 0.15) is 30.4 Å². The molecule has 1 aliphatic carbocycles. The van der Waals surface area contributed by atoms with Crippen LogP contribution >= 0.6 is 15.9 Å². The van der Waals surface area contributed by atoms with Crippen LogP contribution in [-0.2, 0) is 23.2 Å². The number of carboxylic acid groups (broad SMARTS) is 1. The Hall–Kier alpha value is -1.29. The Morgan fingerprint density at radius 1 is 1.37 bits per heavy atom. The van der Waals surface area contributed by atoms with Crippen LogP contribution < -0.4 is 0 Å². The first kappa shape index (κ1) is 11.5. The molecule has 0 atom stereocenters. The number of hydrogen-bond donors (Lipinski definition) is 1. The van der Waals surface area contributed by atoms with Gasteiger partial charge in [-0.1, -0.05) is 6.07 Å². The Bertz CT molecular complexity index is 712. The second-order valence-corrected chi connectivity index (χ2v) is 6.55. The summed E-state index contributed by atoms with van der Waals surface area (Å²) in [5.74, 6) is -0.676. The molecule has 4 heteroatoms. The summed E-state index contributed by atoms with van der Waals surface area (Å²) in [4.78, 5) is 11.5. The summed E-state index contributed by atoms with van der Waals surface area (Å²) in [6.45, 7) is 1.05. The van der Waals surface area contributed by atoms with Gasteiger partial charge in [-0.2, -0.15) is 0 Å². The van der Waals surface area contributed by atoms with E-state index in [-0.39, 0.29) is 0 Å². The molecule has 1 aromatic carbocycles. The largest absolute Gasteiger partial charge is 0.481 e. The minimum absolute atomic E-state index is 0.607. The number of halogens is 1. The Kier molecular flexibility index (Phi) is 2.20. The molecule has 0 radical (unpaired) electrons. The van der Waals surface area contributed by atoms with Gasteiger partial charge in [0, 0.05) is 22.6 Å². The van der Waals surface area contributed by atoms with Crippen molar-refractivity contribution in [3.8, 4) is 0 Å². The van der Waals surface area contributed by atoms with Gasteiger partial charge in [0.2, 0.25) is 0 Å². The van der Waals surface area contributed by atoms with Gasteiger partial charge in [-0.25, -0.2) is 0 Å². The van der Waals surface area contributed by atoms with E-state index in [1.807, 2.05) is 0 Å². The van der Waals surface area contributed by atoms with Crippen molar-refractivity contribution < 1.29 is 9.90 Å². The molecule has 2 aromatic rings. The molecular weight excluding hydrogens is 306 g/mol. The van der Waals surface area contributed by atoms with Crippen molar-refractivity contribution in [2.24, 2.45) is 0 Å². The zero-order valence-corrected chi connectivity index (χ0v) is 12.0. The number of carbonyl (C=O) groups is 1. The molecule has 98 valence electrons. The predicted octanol–water partition coefficient (Wildman–Crippen LogP) is 3.47. The summed E-state index contributed by atoms with van der Waals surface area (Å²) in [6, 6.07) is 4.21. The number of nitrogens with zero attached hydrogens (tertiary/aromatic N) is 1. The highest BCUT2D eigenvalue weighted by atomic mass is 79.9. The van der Waals surface area contributed by atoms with Gasteiger partial charge in [0.1, 0.15) is 0 Å². The first-order valence-corrected chi connectivity index (χ1v) is 7.46. The molecule has 1 N–H and O–H groups in total. The zero-order valence-electron chi connectivity index (χ0n) is 10.4. The standard InChI is InChI=1S/C15H14BrNO2/c16-12-8-17-5-1-2-9-6-10(7-11(12)13(9)17)15(3-4-15)14(18)19/h6-8H,1-5H2,(H,18,19). The monoisotopic (exact) mass is 319 g/mol. The predicted molar refractivity (Wildman–Crippen MR) is 76.5 cm³/mol. The number of rotatable bonds is 2. The maximum Gasteiger partial charge on any atom is 0.314 e. The summed E-state index contributed by atoms with van der Waals surface area (Å²) in [7, 11) is 0. The van der Waals surface area contributed by atoms with Crippen LogP contribution in [0.4, 0.5) is 0 Å². The second kappa shape index (κ2) is 3.63. The molecular formula is C15H14BrNO2. The fraction of sp³-hybridized carbons (Fsp3) is 0.400. The molecule has 0 amide bonds. The highest BCUT2D eigenvalue weighted by Gasteiger charge is 2.52. The van der Waals surface area contributed by atoms with Crippen LogP contribution in [0.15, 0.2) is 22.8 Å². The minimum Gasteiger partial charge on any atom is -0.481 e. The Morgan fingerprint density at radius 3 is 2.84 bits per heavy atom. The second-order valence-electron chi connectivity index (χ2n) is 5.69. The van der Waals surface area contributed by atoms with Crippen molar-refractivity contribution in [2.45, 2.75) is 37.6 Å². The van der Waals surface area contributed by atoms with E-state index in [2.05, 4.69) is 38.8 Å². The lowest BCUT2D eigenvalue weighted by Crippen LogP contribution is -2.20. The molecule has 1 aromatic heterocycles. The van der Waals surface area contributed by atoms with Gasteiger partial charge in [0.25, 0.3) is 0 Å². The molecule has 0 saturated heterocycles. The number of aryl methyl sites for hydroxylation is 2. The molecule has 4 rings (SSSR count). The van der Waals surface area contributed by atoms with Crippen LogP contribution in [0.25, 0.3) is 10.9 Å². The fourth-order valence-electron chi connectivity index (χ4n) is 3.32. The summed E-state index contributed by atoms with van der Waals surface area (Å²) in [5, 5.41) is 10.6. The summed E-state index contributed by atoms with van der Waals surface area (Å²) >= 11 is 3.61. The van der Waals surface area contributed by atoms with Crippen molar-refractivity contribution in [2.75, 3.05) is 0 Å². The van der Waals surface area contributed by atoms with Crippen molar-refractivity contribution >= 4 is 32.8 Å². The van der Waals surface area contributed by atoms with Gasteiger partial charge >= 0.3 is 5.97 Å². The van der Waals surface area contributed by atoms with Crippen LogP contribution in [0.5, 0.6) is 0 Å². The number of aliphatic carboxylic acids is 1. The van der Waals surface area contributed by atoms with Crippen LogP contribution in [0.2, 0.25) is 0 Å². The van der Waals surface area contributed by atoms with Crippen molar-refractivity contribution in [1.29, 1.82) is 0 Å². The topological polar surface area (TPSA) is 42.2 Å². The maximum absolute atomic E-state index is 11.5. The molecule has 1 fully saturated rings. The first-order chi connectivity index (χ1) is 9.12. The van der Waals surface area contributed by atoms with Crippen molar-refractivity contribution in [1.82, 2.24) is 4.57 Å². The molecule has 0 bridgehead atoms. The highest BCUT2D eigenvalue weighted by molar-refractivity contribution is 9.10. The maximum atomic E-state index is 11.5. The lowest BCUT2D eigenvalue weighted by atomic mass is 9.91. The molecule has 19 heavy (non-hydrogen) atoms. The van der Waals surface area contributed by atoms with Crippen LogP contribution in [0.3, 0.4) is 0 Å². The normalized spacial score (nSPS) is 19.6. The molecule has 1 aliphatic heterocycles. The number of carboxylic acids is 1. The van der Waals surface area contributed by atoms with Crippen molar-refractivity contribution in [3.05, 3.63) is 33.9 Å². The average Bonchev–Trinajstić information content (AvgIpc) is 3.13. The molecule has 2 aliphatic rings. The zero-order chi connectivity index (χ0) is 13.2. The molecule has 1 saturated carbocycles. The Morgan fingerprint density at radius 2 is 2.16 bits per heavy atom. The van der Waals surface area contributed by atoms with E-state index in [4.69, 9.17) is 0 Å². The Balaban J connectivity index is 2.01. The molecule has 0 unspecified atom stereocenters. The van der Waals surface area contributed by atoms with Gasteiger partial charge in [-0.3, -0.25) is 4.79 Å². The third-order valence-corrected chi connectivity index (χ3v) is 5.19. The van der Waals surface area contributed by atoms with Crippen LogP contribution in [0, 0.1) is 0 Å². The smallest absolute Gasteiger partial charge is 0.314 e. The van der Waals surface area contributed by atoms with Gasteiger partial charge in [0.15, 0.2) is 0 Å². The third-order valence-electron chi connectivity index (χ3n) is 4.56. The third kappa shape index (κ3) is 1.46. The quantitative estimate of drug-likeness (QED) is 0.921. The van der Waals surface area contributed by atoms with E-state index in [0.29, 0.717) is 0 Å². The van der Waals surface area contributed by atoms with E-state index in [1.165, 1.54) is 16.5 Å². The van der Waals surface area contributed by atoms with Crippen LogP contribution in [-0.4, -0.2) is 15.6 Å². The van der Waals surface area contributed by atoms with E-state index in [9.17, 15) is 9.90 Å². The number of benzene rings is 1. The van der Waals surface area contributed by atoms with Crippen molar-refractivity contribution in [3.63, 3.8) is 0 Å². The Labute approximate surface area is 119 Å². The molecule has 2 heterocycles. The van der Waals surface area contributed by atoms with E-state index < -0.39 is 11.4 Å².